The number of ether oxygens (including phenoxy) is 2. The van der Waals surface area contributed by atoms with Crippen molar-refractivity contribution >= 4 is 55.0 Å². The molecule has 1 atom stereocenters. The average Bonchev–Trinajstić information content (AvgIpc) is 3.44. The summed E-state index contributed by atoms with van der Waals surface area (Å²) < 4.78 is 11.8. The van der Waals surface area contributed by atoms with E-state index in [-0.39, 0.29) is 17.9 Å². The topological polar surface area (TPSA) is 93.6 Å². The van der Waals surface area contributed by atoms with Crippen LogP contribution in [-0.4, -0.2) is 48.1 Å². The number of methoxy groups -OCH3 is 1. The van der Waals surface area contributed by atoms with E-state index in [0.717, 1.165) is 35.4 Å². The molecule has 1 aliphatic heterocycles. The highest BCUT2D eigenvalue weighted by molar-refractivity contribution is 7.22. The van der Waals surface area contributed by atoms with Gasteiger partial charge in [0.2, 0.25) is 5.91 Å². The van der Waals surface area contributed by atoms with E-state index in [4.69, 9.17) is 9.47 Å². The van der Waals surface area contributed by atoms with Gasteiger partial charge in [-0.25, -0.2) is 9.97 Å². The first-order valence-corrected chi connectivity index (χ1v) is 11.2. The molecule has 3 aromatic rings. The number of nitrogens with one attached hydrogen (secondary N) is 1. The lowest BCUT2D eigenvalue weighted by molar-refractivity contribution is -0.116. The van der Waals surface area contributed by atoms with Gasteiger partial charge in [-0.15, -0.1) is 0 Å². The van der Waals surface area contributed by atoms with E-state index < -0.39 is 0 Å². The fourth-order valence-corrected chi connectivity index (χ4v) is 5.19. The molecule has 0 bridgehead atoms. The molecular formula is C20H22N4O4S2. The Balaban J connectivity index is 1.53. The summed E-state index contributed by atoms with van der Waals surface area (Å²) in [4.78, 5) is 36.0. The smallest absolute Gasteiger partial charge is 0.269 e. The van der Waals surface area contributed by atoms with Gasteiger partial charge in [0.05, 0.1) is 35.7 Å². The summed E-state index contributed by atoms with van der Waals surface area (Å²) in [7, 11) is 1.61. The van der Waals surface area contributed by atoms with Crippen LogP contribution in [0.4, 0.5) is 10.3 Å². The van der Waals surface area contributed by atoms with E-state index in [9.17, 15) is 9.59 Å². The average molecular weight is 447 g/mol. The van der Waals surface area contributed by atoms with Gasteiger partial charge in [0, 0.05) is 13.5 Å². The second-order valence-corrected chi connectivity index (χ2v) is 8.99. The lowest BCUT2D eigenvalue weighted by Crippen LogP contribution is -2.35. The van der Waals surface area contributed by atoms with E-state index in [1.807, 2.05) is 18.2 Å². The van der Waals surface area contributed by atoms with Gasteiger partial charge in [0.15, 0.2) is 10.3 Å². The predicted octanol–water partition coefficient (Wildman–Crippen LogP) is 3.85. The minimum Gasteiger partial charge on any atom is -0.497 e. The second-order valence-electron chi connectivity index (χ2n) is 6.98. The molecule has 1 aromatic carbocycles. The molecular weight excluding hydrogens is 424 g/mol. The Kier molecular flexibility index (Phi) is 5.98. The van der Waals surface area contributed by atoms with Crippen LogP contribution >= 0.6 is 22.7 Å². The number of hydrogen-bond donors (Lipinski definition) is 1. The third-order valence-electron chi connectivity index (χ3n) is 4.83. The number of anilines is 2. The van der Waals surface area contributed by atoms with Gasteiger partial charge in [-0.3, -0.25) is 19.8 Å². The number of benzene rings is 1. The zero-order chi connectivity index (χ0) is 21.3. The van der Waals surface area contributed by atoms with Gasteiger partial charge in [-0.1, -0.05) is 22.7 Å². The molecule has 2 amide bonds. The first kappa shape index (κ1) is 20.7. The van der Waals surface area contributed by atoms with Crippen molar-refractivity contribution in [1.29, 1.82) is 0 Å². The number of nitrogens with zero attached hydrogens (tertiary/aromatic N) is 3. The maximum absolute atomic E-state index is 12.9. The van der Waals surface area contributed by atoms with Crippen molar-refractivity contribution in [3.05, 3.63) is 28.8 Å². The van der Waals surface area contributed by atoms with E-state index in [0.29, 0.717) is 27.4 Å². The number of aryl methyl sites for hydroxylation is 1. The van der Waals surface area contributed by atoms with Crippen molar-refractivity contribution in [2.24, 2.45) is 0 Å². The molecule has 1 fully saturated rings. The zero-order valence-corrected chi connectivity index (χ0v) is 18.6. The first-order chi connectivity index (χ1) is 14.4. The molecule has 4 rings (SSSR count). The molecule has 8 nitrogen and oxygen atoms in total. The van der Waals surface area contributed by atoms with Crippen molar-refractivity contribution in [3.8, 4) is 5.75 Å². The van der Waals surface area contributed by atoms with Gasteiger partial charge in [-0.05, 0) is 38.0 Å². The lowest BCUT2D eigenvalue weighted by atomic mass is 10.2. The van der Waals surface area contributed by atoms with E-state index in [1.54, 1.807) is 18.9 Å². The van der Waals surface area contributed by atoms with Gasteiger partial charge < -0.3 is 9.47 Å². The second kappa shape index (κ2) is 8.66. The van der Waals surface area contributed by atoms with Gasteiger partial charge in [0.1, 0.15) is 10.6 Å². The molecule has 0 aliphatic carbocycles. The molecule has 30 heavy (non-hydrogen) atoms. The van der Waals surface area contributed by atoms with Crippen molar-refractivity contribution in [1.82, 2.24) is 9.97 Å². The first-order valence-electron chi connectivity index (χ1n) is 9.57. The zero-order valence-electron chi connectivity index (χ0n) is 16.9. The third kappa shape index (κ3) is 4.30. The van der Waals surface area contributed by atoms with Gasteiger partial charge in [0.25, 0.3) is 5.91 Å². The molecule has 1 N–H and O–H groups in total. The minimum atomic E-state index is -0.289. The lowest BCUT2D eigenvalue weighted by Gasteiger charge is -2.21. The minimum absolute atomic E-state index is 0.00937. The van der Waals surface area contributed by atoms with Crippen molar-refractivity contribution in [2.45, 2.75) is 32.8 Å². The molecule has 0 saturated carbocycles. The van der Waals surface area contributed by atoms with Crippen LogP contribution in [0, 0.1) is 6.92 Å². The SMILES string of the molecule is COc1ccc2nc(NC(=O)c3sc(N(C[C@H]4CCCO4)C(C)=O)nc3C)sc2c1. The Morgan fingerprint density at radius 2 is 2.17 bits per heavy atom. The standard InChI is InChI=1S/C20H22N4O4S2/c1-11-17(30-20(21-11)24(12(2)25)10-14-5-4-8-28-14)18(26)23-19-22-15-7-6-13(27-3)9-16(15)29-19/h6-7,9,14H,4-5,8,10H2,1-3H3,(H,22,23,26)/t14-/m1/s1. The Bertz CT molecular complexity index is 1090. The summed E-state index contributed by atoms with van der Waals surface area (Å²) in [5, 5.41) is 3.86. The molecule has 0 spiro atoms. The van der Waals surface area contributed by atoms with E-state index >= 15 is 0 Å². The van der Waals surface area contributed by atoms with Crippen LogP contribution in [0.15, 0.2) is 18.2 Å². The number of thiazole rings is 2. The third-order valence-corrected chi connectivity index (χ3v) is 6.94. The van der Waals surface area contributed by atoms with Crippen LogP contribution in [0.1, 0.15) is 35.1 Å². The van der Waals surface area contributed by atoms with Gasteiger partial charge in [-0.2, -0.15) is 0 Å². The molecule has 2 aromatic heterocycles. The normalized spacial score (nSPS) is 16.0. The highest BCUT2D eigenvalue weighted by atomic mass is 32.1. The molecule has 3 heterocycles. The Morgan fingerprint density at radius 1 is 1.33 bits per heavy atom. The highest BCUT2D eigenvalue weighted by Gasteiger charge is 2.26. The summed E-state index contributed by atoms with van der Waals surface area (Å²) in [6.07, 6.45) is 1.92. The Labute approximate surface area is 181 Å². The summed E-state index contributed by atoms with van der Waals surface area (Å²) in [6.45, 7) is 4.43. The number of aromatic nitrogens is 2. The van der Waals surface area contributed by atoms with Crippen LogP contribution < -0.4 is 15.0 Å². The summed E-state index contributed by atoms with van der Waals surface area (Å²) in [5.74, 6) is 0.330. The number of fused-ring (bicyclic) bond motifs is 1. The molecule has 1 saturated heterocycles. The summed E-state index contributed by atoms with van der Waals surface area (Å²) >= 11 is 2.58. The molecule has 158 valence electrons. The van der Waals surface area contributed by atoms with Crippen LogP contribution in [0.5, 0.6) is 5.75 Å². The van der Waals surface area contributed by atoms with E-state index in [1.165, 1.54) is 29.6 Å². The fourth-order valence-electron chi connectivity index (χ4n) is 3.28. The molecule has 0 radical (unpaired) electrons. The fraction of sp³-hybridized carbons (Fsp3) is 0.400. The maximum Gasteiger partial charge on any atom is 0.269 e. The van der Waals surface area contributed by atoms with Crippen LogP contribution in [-0.2, 0) is 9.53 Å². The summed E-state index contributed by atoms with van der Waals surface area (Å²) in [6, 6.07) is 5.57. The Morgan fingerprint density at radius 3 is 2.87 bits per heavy atom. The number of carbonyl (C=O) groups is 2. The Hall–Kier alpha value is -2.56. The molecule has 0 unspecified atom stereocenters. The number of hydrogen-bond acceptors (Lipinski definition) is 8. The number of carbonyl (C=O) groups excluding carboxylic acids is 2. The largest absolute Gasteiger partial charge is 0.497 e. The highest BCUT2D eigenvalue weighted by Crippen LogP contribution is 2.31. The van der Waals surface area contributed by atoms with E-state index in [2.05, 4.69) is 15.3 Å². The number of rotatable bonds is 6. The van der Waals surface area contributed by atoms with Crippen LogP contribution in [0.2, 0.25) is 0 Å². The van der Waals surface area contributed by atoms with Gasteiger partial charge >= 0.3 is 0 Å². The predicted molar refractivity (Wildman–Crippen MR) is 118 cm³/mol. The quantitative estimate of drug-likeness (QED) is 0.618. The molecule has 1 aliphatic rings. The summed E-state index contributed by atoms with van der Waals surface area (Å²) in [5.41, 5.74) is 1.37. The maximum atomic E-state index is 12.9. The molecule has 10 heteroatoms. The number of amides is 2. The van der Waals surface area contributed by atoms with Crippen LogP contribution in [0.3, 0.4) is 0 Å². The van der Waals surface area contributed by atoms with Crippen molar-refractivity contribution in [3.63, 3.8) is 0 Å². The van der Waals surface area contributed by atoms with Crippen LogP contribution in [0.25, 0.3) is 10.2 Å². The van der Waals surface area contributed by atoms with Crippen molar-refractivity contribution < 1.29 is 19.1 Å². The monoisotopic (exact) mass is 446 g/mol. The van der Waals surface area contributed by atoms with Crippen molar-refractivity contribution in [2.75, 3.05) is 30.5 Å².